The van der Waals surface area contributed by atoms with Gasteiger partial charge in [0.2, 0.25) is 0 Å². The Labute approximate surface area is 312 Å². The minimum Gasteiger partial charge on any atom is -0.465 e. The van der Waals surface area contributed by atoms with Gasteiger partial charge >= 0.3 is 17.9 Å². The van der Waals surface area contributed by atoms with E-state index in [4.69, 9.17) is 14.2 Å². The first-order valence-electron chi connectivity index (χ1n) is 21.1. The van der Waals surface area contributed by atoms with Crippen molar-refractivity contribution in [2.45, 2.75) is 174 Å². The van der Waals surface area contributed by atoms with Crippen LogP contribution in [-0.2, 0) is 28.6 Å². The Kier molecular flexibility index (Phi) is 32.0. The third-order valence-electron chi connectivity index (χ3n) is 9.65. The van der Waals surface area contributed by atoms with E-state index in [-0.39, 0.29) is 50.8 Å². The number of ether oxygens (including phenoxy) is 3. The fourth-order valence-electron chi connectivity index (χ4n) is 6.19. The molecule has 0 radical (unpaired) electrons. The van der Waals surface area contributed by atoms with Gasteiger partial charge in [0.25, 0.3) is 0 Å². The zero-order valence-electron chi connectivity index (χ0n) is 32.9. The molecule has 8 heteroatoms. The van der Waals surface area contributed by atoms with Crippen LogP contribution in [0.5, 0.6) is 0 Å². The molecule has 1 aliphatic rings. The molecule has 0 saturated carbocycles. The first-order chi connectivity index (χ1) is 25.0. The van der Waals surface area contributed by atoms with E-state index in [1.54, 1.807) is 0 Å². The molecule has 1 rings (SSSR count). The monoisotopic (exact) mass is 720 g/mol. The summed E-state index contributed by atoms with van der Waals surface area (Å²) in [6.07, 6.45) is 35.9. The summed E-state index contributed by atoms with van der Waals surface area (Å²) in [5.74, 6) is -0.951. The maximum atomic E-state index is 12.5. The second kappa shape index (κ2) is 34.9. The average molecular weight is 720 g/mol. The van der Waals surface area contributed by atoms with Crippen molar-refractivity contribution in [3.63, 3.8) is 0 Å². The van der Waals surface area contributed by atoms with E-state index in [0.29, 0.717) is 25.3 Å². The highest BCUT2D eigenvalue weighted by Crippen LogP contribution is 2.15. The Hall–Kier alpha value is -2.19. The smallest absolute Gasteiger partial charge is 0.307 e. The zero-order chi connectivity index (χ0) is 37.0. The summed E-state index contributed by atoms with van der Waals surface area (Å²) >= 11 is 0. The number of aliphatic hydroxyl groups excluding tert-OH is 1. The van der Waals surface area contributed by atoms with E-state index in [9.17, 15) is 19.5 Å². The van der Waals surface area contributed by atoms with Crippen LogP contribution in [0.25, 0.3) is 0 Å². The van der Waals surface area contributed by atoms with Gasteiger partial charge in [-0.25, -0.2) is 0 Å². The number of allylic oxidation sites excluding steroid dienone is 4. The number of esters is 3. The molecule has 0 aliphatic carbocycles. The molecule has 0 spiro atoms. The standard InChI is InChI=1S/C43H77NO7/c1-3-5-7-9-11-13-15-17-19-21-23-25-27-29-41(46)49-36-40(38-51-43(48)31-32-44-33-39(34-44)35-45)37-50-42(47)30-28-26-24-22-20-18-16-14-12-10-8-6-4-2/h13-16,39-40,45H,3-12,17-38H2,1-2H3/b15-13-,16-14-. The second-order valence-corrected chi connectivity index (χ2v) is 14.7. The fraction of sp³-hybridized carbons (Fsp3) is 0.837. The number of hydrogen-bond donors (Lipinski definition) is 1. The third-order valence-corrected chi connectivity index (χ3v) is 9.65. The minimum absolute atomic E-state index is 0.0407. The molecule has 0 atom stereocenters. The van der Waals surface area contributed by atoms with E-state index in [0.717, 1.165) is 64.5 Å². The van der Waals surface area contributed by atoms with Gasteiger partial charge in [0.05, 0.1) is 12.3 Å². The lowest BCUT2D eigenvalue weighted by Crippen LogP contribution is -2.48. The Morgan fingerprint density at radius 1 is 0.549 bits per heavy atom. The molecule has 8 nitrogen and oxygen atoms in total. The summed E-state index contributed by atoms with van der Waals surface area (Å²) in [5, 5.41) is 9.19. The SMILES string of the molecule is CCCCCC/C=C\CCCCCCCC(=O)OCC(COC(=O)CCCCCCC/C=C\CCCCCC)COC(=O)CCN1CC(CO)C1. The van der Waals surface area contributed by atoms with Crippen LogP contribution in [0, 0.1) is 11.8 Å². The molecule has 51 heavy (non-hydrogen) atoms. The molecule has 0 aromatic carbocycles. The molecular formula is C43H77NO7. The average Bonchev–Trinajstić information content (AvgIpc) is 3.11. The van der Waals surface area contributed by atoms with Crippen LogP contribution in [0.2, 0.25) is 0 Å². The van der Waals surface area contributed by atoms with Crippen LogP contribution in [-0.4, -0.2) is 74.0 Å². The molecule has 296 valence electrons. The summed E-state index contributed by atoms with van der Waals surface area (Å²) in [7, 11) is 0. The first kappa shape index (κ1) is 46.8. The number of rotatable bonds is 36. The van der Waals surface area contributed by atoms with Gasteiger partial charge in [-0.05, 0) is 64.2 Å². The van der Waals surface area contributed by atoms with Crippen molar-refractivity contribution in [3.05, 3.63) is 24.3 Å². The largest absolute Gasteiger partial charge is 0.465 e. The van der Waals surface area contributed by atoms with Gasteiger partial charge in [0.1, 0.15) is 19.8 Å². The lowest BCUT2D eigenvalue weighted by atomic mass is 10.0. The lowest BCUT2D eigenvalue weighted by molar-refractivity contribution is -0.153. The number of hydrogen-bond acceptors (Lipinski definition) is 8. The number of aliphatic hydroxyl groups is 1. The highest BCUT2D eigenvalue weighted by atomic mass is 16.6. The maximum absolute atomic E-state index is 12.5. The molecule has 1 saturated heterocycles. The van der Waals surface area contributed by atoms with Crippen LogP contribution in [0.15, 0.2) is 24.3 Å². The van der Waals surface area contributed by atoms with Gasteiger partial charge in [-0.15, -0.1) is 0 Å². The lowest BCUT2D eigenvalue weighted by Gasteiger charge is -2.37. The van der Waals surface area contributed by atoms with Gasteiger partial charge in [-0.2, -0.15) is 0 Å². The van der Waals surface area contributed by atoms with Crippen molar-refractivity contribution in [1.29, 1.82) is 0 Å². The van der Waals surface area contributed by atoms with Gasteiger partial charge in [0.15, 0.2) is 0 Å². The topological polar surface area (TPSA) is 102 Å². The van der Waals surface area contributed by atoms with Crippen LogP contribution in [0.3, 0.4) is 0 Å². The zero-order valence-corrected chi connectivity index (χ0v) is 32.9. The third kappa shape index (κ3) is 30.0. The first-order valence-corrected chi connectivity index (χ1v) is 21.1. The Morgan fingerprint density at radius 2 is 0.902 bits per heavy atom. The predicted octanol–water partition coefficient (Wildman–Crippen LogP) is 10.1. The van der Waals surface area contributed by atoms with Crippen molar-refractivity contribution >= 4 is 17.9 Å². The summed E-state index contributed by atoms with van der Waals surface area (Å²) in [6, 6.07) is 0. The summed E-state index contributed by atoms with van der Waals surface area (Å²) in [6.45, 7) is 7.00. The van der Waals surface area contributed by atoms with Crippen molar-refractivity contribution in [3.8, 4) is 0 Å². The Bertz CT molecular complexity index is 847. The molecule has 0 bridgehead atoms. The number of carbonyl (C=O) groups is 3. The molecule has 1 heterocycles. The number of unbranched alkanes of at least 4 members (excludes halogenated alkanes) is 18. The number of likely N-dealkylation sites (tertiary alicyclic amines) is 1. The van der Waals surface area contributed by atoms with Crippen LogP contribution in [0.1, 0.15) is 174 Å². The van der Waals surface area contributed by atoms with Gasteiger partial charge < -0.3 is 24.2 Å². The van der Waals surface area contributed by atoms with Crippen molar-refractivity contribution in [2.24, 2.45) is 11.8 Å². The summed E-state index contributed by atoms with van der Waals surface area (Å²) < 4.78 is 16.6. The van der Waals surface area contributed by atoms with E-state index in [2.05, 4.69) is 43.1 Å². The van der Waals surface area contributed by atoms with Crippen LogP contribution < -0.4 is 0 Å². The molecule has 0 amide bonds. The van der Waals surface area contributed by atoms with Crippen molar-refractivity contribution in [1.82, 2.24) is 4.90 Å². The molecule has 0 aromatic heterocycles. The molecule has 1 N–H and O–H groups in total. The highest BCUT2D eigenvalue weighted by molar-refractivity contribution is 5.70. The van der Waals surface area contributed by atoms with Gasteiger partial charge in [0, 0.05) is 45.0 Å². The molecule has 1 aliphatic heterocycles. The second-order valence-electron chi connectivity index (χ2n) is 14.7. The number of carbonyl (C=O) groups excluding carboxylic acids is 3. The molecule has 0 aromatic rings. The quantitative estimate of drug-likeness (QED) is 0.0296. The van der Waals surface area contributed by atoms with E-state index in [1.807, 2.05) is 0 Å². The summed E-state index contributed by atoms with van der Waals surface area (Å²) in [4.78, 5) is 39.5. The van der Waals surface area contributed by atoms with E-state index < -0.39 is 5.92 Å². The van der Waals surface area contributed by atoms with Crippen LogP contribution >= 0.6 is 0 Å². The molecular weight excluding hydrogens is 642 g/mol. The van der Waals surface area contributed by atoms with E-state index >= 15 is 0 Å². The predicted molar refractivity (Wildman–Crippen MR) is 208 cm³/mol. The maximum Gasteiger partial charge on any atom is 0.307 e. The fourth-order valence-corrected chi connectivity index (χ4v) is 6.19. The summed E-state index contributed by atoms with van der Waals surface area (Å²) in [5.41, 5.74) is 0. The Morgan fingerprint density at radius 3 is 1.29 bits per heavy atom. The van der Waals surface area contributed by atoms with Crippen molar-refractivity contribution < 1.29 is 33.7 Å². The van der Waals surface area contributed by atoms with Crippen LogP contribution in [0.4, 0.5) is 0 Å². The normalized spacial score (nSPS) is 13.7. The van der Waals surface area contributed by atoms with Crippen molar-refractivity contribution in [2.75, 3.05) is 46.1 Å². The minimum atomic E-state index is -0.399. The number of nitrogens with zero attached hydrogens (tertiary/aromatic N) is 1. The van der Waals surface area contributed by atoms with E-state index in [1.165, 1.54) is 89.9 Å². The van der Waals surface area contributed by atoms with Gasteiger partial charge in [-0.1, -0.05) is 115 Å². The molecule has 0 unspecified atom stereocenters. The highest BCUT2D eigenvalue weighted by Gasteiger charge is 2.26. The van der Waals surface area contributed by atoms with Gasteiger partial charge in [-0.3, -0.25) is 14.4 Å². The Balaban J connectivity index is 2.25. The molecule has 1 fully saturated rings.